The van der Waals surface area contributed by atoms with Gasteiger partial charge < -0.3 is 10.5 Å². The Labute approximate surface area is 92.2 Å². The molecule has 0 spiro atoms. The van der Waals surface area contributed by atoms with Crippen molar-refractivity contribution in [1.82, 2.24) is 0 Å². The number of hydrogen-bond donors (Lipinski definition) is 1. The molecule has 0 saturated heterocycles. The minimum absolute atomic E-state index is 0.0739. The number of methoxy groups -OCH3 is 1. The maximum Gasteiger partial charge on any atom is 0.418 e. The van der Waals surface area contributed by atoms with Gasteiger partial charge in [0.05, 0.1) is 0 Å². The largest absolute Gasteiger partial charge is 0.418 e. The van der Waals surface area contributed by atoms with Gasteiger partial charge >= 0.3 is 6.18 Å². The van der Waals surface area contributed by atoms with E-state index in [9.17, 15) is 13.2 Å². The van der Waals surface area contributed by atoms with Crippen LogP contribution in [0.4, 0.5) is 13.2 Å². The van der Waals surface area contributed by atoms with Crippen LogP contribution in [-0.4, -0.2) is 13.3 Å². The van der Waals surface area contributed by atoms with Gasteiger partial charge in [-0.2, -0.15) is 13.2 Å². The van der Waals surface area contributed by atoms with Gasteiger partial charge in [0, 0.05) is 13.2 Å². The Hall–Kier alpha value is -1.07. The van der Waals surface area contributed by atoms with E-state index in [1.54, 1.807) is 19.1 Å². The van der Waals surface area contributed by atoms with Gasteiger partial charge in [-0.1, -0.05) is 24.3 Å². The van der Waals surface area contributed by atoms with Gasteiger partial charge in [-0.15, -0.1) is 0 Å². The Bertz CT molecular complexity index is 349. The summed E-state index contributed by atoms with van der Waals surface area (Å²) in [7, 11) is 1.04. The van der Waals surface area contributed by atoms with E-state index >= 15 is 0 Å². The van der Waals surface area contributed by atoms with Crippen LogP contribution in [0.2, 0.25) is 0 Å². The molecular weight excluding hydrogens is 219 g/mol. The average Bonchev–Trinajstić information content (AvgIpc) is 2.17. The molecule has 0 aliphatic rings. The van der Waals surface area contributed by atoms with Crippen LogP contribution < -0.4 is 5.73 Å². The Morgan fingerprint density at radius 2 is 1.81 bits per heavy atom. The summed E-state index contributed by atoms with van der Waals surface area (Å²) in [6, 6.07) is 5.74. The lowest BCUT2D eigenvalue weighted by Crippen LogP contribution is -2.22. The molecule has 0 saturated carbocycles. The van der Waals surface area contributed by atoms with Crippen LogP contribution in [0.5, 0.6) is 0 Å². The minimum atomic E-state index is -4.41. The second kappa shape index (κ2) is 4.84. The highest BCUT2D eigenvalue weighted by molar-refractivity contribution is 5.27. The zero-order valence-electron chi connectivity index (χ0n) is 9.08. The molecule has 1 aromatic rings. The summed E-state index contributed by atoms with van der Waals surface area (Å²) in [5.74, 6) is 0. The summed E-state index contributed by atoms with van der Waals surface area (Å²) in [6.45, 7) is 1.72. The zero-order chi connectivity index (χ0) is 12.3. The quantitative estimate of drug-likeness (QED) is 0.871. The van der Waals surface area contributed by atoms with Crippen molar-refractivity contribution in [3.63, 3.8) is 0 Å². The summed E-state index contributed by atoms with van der Waals surface area (Å²) in [5.41, 5.74) is 6.34. The van der Waals surface area contributed by atoms with Crippen LogP contribution in [0.3, 0.4) is 0 Å². The predicted octanol–water partition coefficient (Wildman–Crippen LogP) is 2.96. The van der Waals surface area contributed by atoms with E-state index in [0.717, 1.165) is 7.11 Å². The molecule has 1 rings (SSSR count). The highest BCUT2D eigenvalue weighted by Gasteiger charge is 2.41. The smallest absolute Gasteiger partial charge is 0.367 e. The van der Waals surface area contributed by atoms with Gasteiger partial charge in [-0.3, -0.25) is 0 Å². The van der Waals surface area contributed by atoms with Crippen molar-refractivity contribution >= 4 is 0 Å². The average molecular weight is 233 g/mol. The summed E-state index contributed by atoms with van der Waals surface area (Å²) >= 11 is 0. The molecule has 2 atom stereocenters. The number of ether oxygens (including phenoxy) is 1. The van der Waals surface area contributed by atoms with Crippen LogP contribution in [0, 0.1) is 0 Å². The van der Waals surface area contributed by atoms with Crippen LogP contribution >= 0.6 is 0 Å². The van der Waals surface area contributed by atoms with E-state index in [-0.39, 0.29) is 11.6 Å². The van der Waals surface area contributed by atoms with E-state index in [0.29, 0.717) is 5.56 Å². The molecule has 0 aliphatic heterocycles. The van der Waals surface area contributed by atoms with E-state index in [4.69, 9.17) is 5.73 Å². The van der Waals surface area contributed by atoms with E-state index < -0.39 is 12.3 Å². The minimum Gasteiger partial charge on any atom is -0.367 e. The second-order valence-electron chi connectivity index (χ2n) is 3.62. The first-order chi connectivity index (χ1) is 7.36. The third kappa shape index (κ3) is 2.96. The lowest BCUT2D eigenvalue weighted by molar-refractivity contribution is -0.216. The van der Waals surface area contributed by atoms with Crippen molar-refractivity contribution in [1.29, 1.82) is 0 Å². The number of rotatable bonds is 3. The molecule has 0 aliphatic carbocycles. The lowest BCUT2D eigenvalue weighted by atomic mass is 10.0. The van der Waals surface area contributed by atoms with Gasteiger partial charge in [0.2, 0.25) is 0 Å². The van der Waals surface area contributed by atoms with Crippen LogP contribution in [-0.2, 0) is 4.74 Å². The molecule has 5 heteroatoms. The van der Waals surface area contributed by atoms with Crippen LogP contribution in [0.15, 0.2) is 24.3 Å². The van der Waals surface area contributed by atoms with Crippen molar-refractivity contribution < 1.29 is 17.9 Å². The van der Waals surface area contributed by atoms with Crippen molar-refractivity contribution in [3.8, 4) is 0 Å². The fourth-order valence-corrected chi connectivity index (χ4v) is 1.46. The van der Waals surface area contributed by atoms with Gasteiger partial charge in [0.25, 0.3) is 0 Å². The monoisotopic (exact) mass is 233 g/mol. The van der Waals surface area contributed by atoms with Crippen molar-refractivity contribution in [3.05, 3.63) is 35.4 Å². The van der Waals surface area contributed by atoms with Gasteiger partial charge in [0.15, 0.2) is 6.10 Å². The number of halogens is 3. The number of nitrogens with two attached hydrogens (primary N) is 1. The summed E-state index contributed by atoms with van der Waals surface area (Å²) in [4.78, 5) is 0. The number of benzene rings is 1. The van der Waals surface area contributed by atoms with Gasteiger partial charge in [0.1, 0.15) is 0 Å². The van der Waals surface area contributed by atoms with E-state index in [2.05, 4.69) is 4.74 Å². The first-order valence-corrected chi connectivity index (χ1v) is 4.81. The molecular formula is C11H14F3NO. The molecule has 0 radical (unpaired) electrons. The summed E-state index contributed by atoms with van der Waals surface area (Å²) in [6.07, 6.45) is -6.31. The third-order valence-corrected chi connectivity index (χ3v) is 2.27. The lowest BCUT2D eigenvalue weighted by Gasteiger charge is -2.20. The molecule has 16 heavy (non-hydrogen) atoms. The Morgan fingerprint density at radius 3 is 2.25 bits per heavy atom. The molecule has 0 amide bonds. The molecule has 2 nitrogen and oxygen atoms in total. The number of alkyl halides is 3. The Balaban J connectivity index is 3.07. The third-order valence-electron chi connectivity index (χ3n) is 2.27. The van der Waals surface area contributed by atoms with Crippen LogP contribution in [0.25, 0.3) is 0 Å². The fourth-order valence-electron chi connectivity index (χ4n) is 1.46. The number of hydrogen-bond acceptors (Lipinski definition) is 2. The molecule has 0 fully saturated rings. The second-order valence-corrected chi connectivity index (χ2v) is 3.62. The maximum absolute atomic E-state index is 12.6. The van der Waals surface area contributed by atoms with Crippen molar-refractivity contribution in [2.75, 3.05) is 7.11 Å². The maximum atomic E-state index is 12.6. The SMILES string of the molecule is COC(c1cccc(C(C)N)c1)C(F)(F)F. The van der Waals surface area contributed by atoms with Crippen molar-refractivity contribution in [2.45, 2.75) is 25.2 Å². The molecule has 1 aromatic carbocycles. The molecule has 2 N–H and O–H groups in total. The van der Waals surface area contributed by atoms with Gasteiger partial charge in [-0.25, -0.2) is 0 Å². The van der Waals surface area contributed by atoms with Crippen LogP contribution in [0.1, 0.15) is 30.2 Å². The molecule has 0 heterocycles. The standard InChI is InChI=1S/C11H14F3NO/c1-7(15)8-4-3-5-9(6-8)10(16-2)11(12,13)14/h3-7,10H,15H2,1-2H3. The van der Waals surface area contributed by atoms with Gasteiger partial charge in [-0.05, 0) is 18.1 Å². The fraction of sp³-hybridized carbons (Fsp3) is 0.455. The highest BCUT2D eigenvalue weighted by Crippen LogP contribution is 2.35. The highest BCUT2D eigenvalue weighted by atomic mass is 19.4. The predicted molar refractivity (Wildman–Crippen MR) is 54.8 cm³/mol. The molecule has 0 aromatic heterocycles. The van der Waals surface area contributed by atoms with E-state index in [1.807, 2.05) is 0 Å². The first kappa shape index (κ1) is 13.0. The molecule has 90 valence electrons. The summed E-state index contributed by atoms with van der Waals surface area (Å²) < 4.78 is 42.2. The first-order valence-electron chi connectivity index (χ1n) is 4.81. The van der Waals surface area contributed by atoms with E-state index in [1.165, 1.54) is 12.1 Å². The molecule has 0 bridgehead atoms. The molecule has 2 unspecified atom stereocenters. The Morgan fingerprint density at radius 1 is 1.25 bits per heavy atom. The Kier molecular flexibility index (Phi) is 3.93. The topological polar surface area (TPSA) is 35.2 Å². The summed E-state index contributed by atoms with van der Waals surface area (Å²) in [5, 5.41) is 0. The zero-order valence-corrected chi connectivity index (χ0v) is 9.08. The normalized spacial score (nSPS) is 15.9. The van der Waals surface area contributed by atoms with Crippen molar-refractivity contribution in [2.24, 2.45) is 5.73 Å².